The molecule has 76 valence electrons. The van der Waals surface area contributed by atoms with Crippen LogP contribution in [0.3, 0.4) is 0 Å². The number of halogens is 1. The quantitative estimate of drug-likeness (QED) is 0.698. The molecular formula is C10H19BrN2. The summed E-state index contributed by atoms with van der Waals surface area (Å²) in [4.78, 5) is 5.27. The highest BCUT2D eigenvalue weighted by atomic mass is 79.9. The van der Waals surface area contributed by atoms with E-state index in [1.54, 1.807) is 0 Å². The highest BCUT2D eigenvalue weighted by Crippen LogP contribution is 2.20. The van der Waals surface area contributed by atoms with E-state index in [9.17, 15) is 0 Å². The highest BCUT2D eigenvalue weighted by molar-refractivity contribution is 9.09. The Morgan fingerprint density at radius 2 is 1.92 bits per heavy atom. The molecule has 2 aliphatic heterocycles. The minimum absolute atomic E-state index is 0.876. The van der Waals surface area contributed by atoms with E-state index in [1.807, 2.05) is 0 Å². The standard InChI is InChI=1S/C10H19BrN2/c11-4-8-12-7-3-10(9-12)13-5-1-2-6-13/h10H,1-9H2. The first kappa shape index (κ1) is 9.94. The summed E-state index contributed by atoms with van der Waals surface area (Å²) >= 11 is 3.51. The molecular weight excluding hydrogens is 228 g/mol. The van der Waals surface area contributed by atoms with Crippen LogP contribution in [0.5, 0.6) is 0 Å². The first-order chi connectivity index (χ1) is 6.40. The number of likely N-dealkylation sites (tertiary alicyclic amines) is 2. The minimum Gasteiger partial charge on any atom is -0.301 e. The second kappa shape index (κ2) is 4.76. The molecule has 2 saturated heterocycles. The molecule has 0 amide bonds. The molecule has 0 aromatic rings. The van der Waals surface area contributed by atoms with E-state index in [1.165, 1.54) is 52.0 Å². The van der Waals surface area contributed by atoms with Crippen LogP contribution in [0.25, 0.3) is 0 Å². The van der Waals surface area contributed by atoms with Crippen molar-refractivity contribution in [3.8, 4) is 0 Å². The lowest BCUT2D eigenvalue weighted by Gasteiger charge is -2.23. The summed E-state index contributed by atoms with van der Waals surface area (Å²) in [5.41, 5.74) is 0. The van der Waals surface area contributed by atoms with Crippen LogP contribution in [-0.2, 0) is 0 Å². The molecule has 2 fully saturated rings. The molecule has 0 aliphatic carbocycles. The Hall–Kier alpha value is 0.400. The normalized spacial score (nSPS) is 31.6. The average molecular weight is 247 g/mol. The molecule has 0 aromatic heterocycles. The van der Waals surface area contributed by atoms with Gasteiger partial charge in [-0.2, -0.15) is 0 Å². The number of rotatable bonds is 3. The molecule has 2 heterocycles. The highest BCUT2D eigenvalue weighted by Gasteiger charge is 2.28. The molecule has 0 aromatic carbocycles. The molecule has 1 unspecified atom stereocenters. The maximum atomic E-state index is 3.51. The first-order valence-corrected chi connectivity index (χ1v) is 6.54. The Labute approximate surface area is 89.4 Å². The Bertz CT molecular complexity index is 157. The minimum atomic E-state index is 0.876. The van der Waals surface area contributed by atoms with Crippen molar-refractivity contribution < 1.29 is 0 Å². The molecule has 0 radical (unpaired) electrons. The third-order valence-electron chi connectivity index (χ3n) is 3.31. The smallest absolute Gasteiger partial charge is 0.0235 e. The predicted molar refractivity (Wildman–Crippen MR) is 59.4 cm³/mol. The first-order valence-electron chi connectivity index (χ1n) is 5.42. The summed E-state index contributed by atoms with van der Waals surface area (Å²) in [6, 6.07) is 0.876. The lowest BCUT2D eigenvalue weighted by atomic mass is 10.2. The molecule has 3 heteroatoms. The van der Waals surface area contributed by atoms with Crippen LogP contribution >= 0.6 is 15.9 Å². The van der Waals surface area contributed by atoms with Crippen LogP contribution in [0, 0.1) is 0 Å². The van der Waals surface area contributed by atoms with Crippen molar-refractivity contribution in [3.63, 3.8) is 0 Å². The van der Waals surface area contributed by atoms with Crippen LogP contribution in [0.2, 0.25) is 0 Å². The van der Waals surface area contributed by atoms with Gasteiger partial charge in [-0.25, -0.2) is 0 Å². The monoisotopic (exact) mass is 246 g/mol. The SMILES string of the molecule is BrCCN1CCC(N2CCCC2)C1. The van der Waals surface area contributed by atoms with Crippen molar-refractivity contribution in [2.75, 3.05) is 38.1 Å². The molecule has 2 nitrogen and oxygen atoms in total. The number of hydrogen-bond donors (Lipinski definition) is 0. The average Bonchev–Trinajstić information content (AvgIpc) is 2.70. The van der Waals surface area contributed by atoms with Gasteiger partial charge in [-0.1, -0.05) is 15.9 Å². The number of hydrogen-bond acceptors (Lipinski definition) is 2. The molecule has 2 aliphatic rings. The fourth-order valence-electron chi connectivity index (χ4n) is 2.54. The number of nitrogens with zero attached hydrogens (tertiary/aromatic N) is 2. The summed E-state index contributed by atoms with van der Waals surface area (Å²) in [7, 11) is 0. The van der Waals surface area contributed by atoms with Gasteiger partial charge in [-0.05, 0) is 38.9 Å². The zero-order valence-corrected chi connectivity index (χ0v) is 9.80. The summed E-state index contributed by atoms with van der Waals surface area (Å²) in [5.74, 6) is 0. The van der Waals surface area contributed by atoms with Gasteiger partial charge in [0.2, 0.25) is 0 Å². The summed E-state index contributed by atoms with van der Waals surface area (Å²) in [6.45, 7) is 6.56. The summed E-state index contributed by atoms with van der Waals surface area (Å²) in [6.07, 6.45) is 4.25. The zero-order valence-electron chi connectivity index (χ0n) is 8.21. The van der Waals surface area contributed by atoms with Crippen molar-refractivity contribution in [1.29, 1.82) is 0 Å². The van der Waals surface area contributed by atoms with Crippen LogP contribution in [0.1, 0.15) is 19.3 Å². The van der Waals surface area contributed by atoms with Crippen LogP contribution in [-0.4, -0.2) is 53.9 Å². The maximum Gasteiger partial charge on any atom is 0.0235 e. The second-order valence-corrected chi connectivity index (χ2v) is 4.97. The fraction of sp³-hybridized carbons (Fsp3) is 1.00. The van der Waals surface area contributed by atoms with Gasteiger partial charge in [-0.15, -0.1) is 0 Å². The van der Waals surface area contributed by atoms with Crippen LogP contribution < -0.4 is 0 Å². The van der Waals surface area contributed by atoms with Crippen molar-refractivity contribution in [1.82, 2.24) is 9.80 Å². The molecule has 2 rings (SSSR count). The van der Waals surface area contributed by atoms with Crippen molar-refractivity contribution in [3.05, 3.63) is 0 Å². The zero-order chi connectivity index (χ0) is 9.10. The van der Waals surface area contributed by atoms with E-state index >= 15 is 0 Å². The fourth-order valence-corrected chi connectivity index (χ4v) is 3.04. The topological polar surface area (TPSA) is 6.48 Å². The van der Waals surface area contributed by atoms with Gasteiger partial charge in [0.1, 0.15) is 0 Å². The third-order valence-corrected chi connectivity index (χ3v) is 3.66. The summed E-state index contributed by atoms with van der Waals surface area (Å²) in [5, 5.41) is 1.12. The predicted octanol–water partition coefficient (Wildman–Crippen LogP) is 1.55. The second-order valence-electron chi connectivity index (χ2n) is 4.18. The Kier molecular flexibility index (Phi) is 3.64. The Morgan fingerprint density at radius 1 is 1.15 bits per heavy atom. The lowest BCUT2D eigenvalue weighted by molar-refractivity contribution is 0.236. The third kappa shape index (κ3) is 2.45. The molecule has 1 atom stereocenters. The van der Waals surface area contributed by atoms with E-state index in [0.29, 0.717) is 0 Å². The van der Waals surface area contributed by atoms with Crippen molar-refractivity contribution >= 4 is 15.9 Å². The van der Waals surface area contributed by atoms with E-state index in [2.05, 4.69) is 25.7 Å². The van der Waals surface area contributed by atoms with Gasteiger partial charge in [-0.3, -0.25) is 4.90 Å². The maximum absolute atomic E-state index is 3.51. The van der Waals surface area contributed by atoms with Crippen LogP contribution in [0.15, 0.2) is 0 Å². The van der Waals surface area contributed by atoms with Crippen LogP contribution in [0.4, 0.5) is 0 Å². The van der Waals surface area contributed by atoms with Crippen molar-refractivity contribution in [2.24, 2.45) is 0 Å². The largest absolute Gasteiger partial charge is 0.301 e. The van der Waals surface area contributed by atoms with E-state index in [4.69, 9.17) is 0 Å². The number of alkyl halides is 1. The lowest BCUT2D eigenvalue weighted by Crippen LogP contribution is -2.35. The van der Waals surface area contributed by atoms with E-state index in [0.717, 1.165) is 11.4 Å². The van der Waals surface area contributed by atoms with Gasteiger partial charge < -0.3 is 4.90 Å². The summed E-state index contributed by atoms with van der Waals surface area (Å²) < 4.78 is 0. The molecule has 0 bridgehead atoms. The molecule has 0 N–H and O–H groups in total. The molecule has 0 saturated carbocycles. The van der Waals surface area contributed by atoms with Gasteiger partial charge in [0.05, 0.1) is 0 Å². The van der Waals surface area contributed by atoms with E-state index < -0.39 is 0 Å². The molecule has 13 heavy (non-hydrogen) atoms. The molecule has 0 spiro atoms. The van der Waals surface area contributed by atoms with Gasteiger partial charge >= 0.3 is 0 Å². The van der Waals surface area contributed by atoms with Crippen molar-refractivity contribution in [2.45, 2.75) is 25.3 Å². The van der Waals surface area contributed by atoms with E-state index in [-0.39, 0.29) is 0 Å². The van der Waals surface area contributed by atoms with Gasteiger partial charge in [0, 0.05) is 24.5 Å². The van der Waals surface area contributed by atoms with Gasteiger partial charge in [0.25, 0.3) is 0 Å². The Morgan fingerprint density at radius 3 is 2.62 bits per heavy atom. The van der Waals surface area contributed by atoms with Gasteiger partial charge in [0.15, 0.2) is 0 Å². The Balaban J connectivity index is 1.76.